The Hall–Kier alpha value is -2.73. The van der Waals surface area contributed by atoms with Crippen molar-refractivity contribution in [2.75, 3.05) is 11.9 Å². The van der Waals surface area contributed by atoms with Crippen LogP contribution in [0.2, 0.25) is 5.02 Å². The minimum atomic E-state index is -0.649. The second-order valence-corrected chi connectivity index (χ2v) is 6.99. The Bertz CT molecular complexity index is 892. The first-order valence-corrected chi connectivity index (χ1v) is 9.16. The van der Waals surface area contributed by atoms with Gasteiger partial charge in [0.25, 0.3) is 11.7 Å². The molecule has 2 aromatic carbocycles. The number of hydrogen-bond acceptors (Lipinski definition) is 5. The fraction of sp³-hybridized carbons (Fsp3) is 0.300. The zero-order valence-corrected chi connectivity index (χ0v) is 15.3. The lowest BCUT2D eigenvalue weighted by molar-refractivity contribution is -0.119. The summed E-state index contributed by atoms with van der Waals surface area (Å²) in [5, 5.41) is 2.96. The summed E-state index contributed by atoms with van der Waals surface area (Å²) in [5.74, 6) is -0.354. The quantitative estimate of drug-likeness (QED) is 0.797. The molecule has 27 heavy (non-hydrogen) atoms. The van der Waals surface area contributed by atoms with Gasteiger partial charge in [-0.1, -0.05) is 23.7 Å². The molecule has 0 bridgehead atoms. The molecule has 2 aliphatic rings. The maximum Gasteiger partial charge on any atom is 0.340 e. The van der Waals surface area contributed by atoms with Crippen molar-refractivity contribution in [3.8, 4) is 11.5 Å². The van der Waals surface area contributed by atoms with Crippen LogP contribution in [0.15, 0.2) is 42.5 Å². The summed E-state index contributed by atoms with van der Waals surface area (Å²) in [6, 6.07) is 11.7. The van der Waals surface area contributed by atoms with E-state index < -0.39 is 24.3 Å². The summed E-state index contributed by atoms with van der Waals surface area (Å²) < 4.78 is 16.9. The molecule has 140 valence electrons. The molecule has 0 radical (unpaired) electrons. The van der Waals surface area contributed by atoms with E-state index in [0.717, 1.165) is 25.7 Å². The topological polar surface area (TPSA) is 73.9 Å². The van der Waals surface area contributed by atoms with Crippen LogP contribution in [0.4, 0.5) is 5.69 Å². The minimum Gasteiger partial charge on any atom is -0.452 e. The Morgan fingerprint density at radius 2 is 1.81 bits per heavy atom. The van der Waals surface area contributed by atoms with E-state index in [1.165, 1.54) is 0 Å². The number of nitrogens with one attached hydrogen (secondary N) is 1. The number of ether oxygens (including phenoxy) is 3. The van der Waals surface area contributed by atoms with Gasteiger partial charge >= 0.3 is 5.97 Å². The zero-order valence-electron chi connectivity index (χ0n) is 14.5. The average molecular weight is 388 g/mol. The molecule has 1 saturated carbocycles. The van der Waals surface area contributed by atoms with Crippen LogP contribution in [0.3, 0.4) is 0 Å². The highest BCUT2D eigenvalue weighted by Gasteiger charge is 2.44. The number of anilines is 1. The van der Waals surface area contributed by atoms with Crippen LogP contribution in [0, 0.1) is 0 Å². The van der Waals surface area contributed by atoms with Crippen molar-refractivity contribution in [1.82, 2.24) is 0 Å². The van der Waals surface area contributed by atoms with Crippen molar-refractivity contribution in [3.05, 3.63) is 53.1 Å². The molecule has 1 aliphatic heterocycles. The molecule has 1 spiro atoms. The normalized spacial score (nSPS) is 16.3. The van der Waals surface area contributed by atoms with Crippen LogP contribution in [0.5, 0.6) is 11.5 Å². The van der Waals surface area contributed by atoms with Gasteiger partial charge in [-0.3, -0.25) is 4.79 Å². The molecule has 2 aromatic rings. The molecule has 0 atom stereocenters. The third kappa shape index (κ3) is 3.71. The van der Waals surface area contributed by atoms with Gasteiger partial charge in [-0.25, -0.2) is 4.79 Å². The van der Waals surface area contributed by atoms with Gasteiger partial charge in [0.1, 0.15) is 0 Å². The lowest BCUT2D eigenvalue weighted by Gasteiger charge is -2.21. The van der Waals surface area contributed by atoms with E-state index in [-0.39, 0.29) is 10.6 Å². The molecule has 0 saturated heterocycles. The van der Waals surface area contributed by atoms with Crippen molar-refractivity contribution >= 4 is 29.2 Å². The van der Waals surface area contributed by atoms with Gasteiger partial charge in [-0.05, 0) is 37.1 Å². The Balaban J connectivity index is 1.34. The van der Waals surface area contributed by atoms with Crippen LogP contribution >= 0.6 is 11.6 Å². The number of carbonyl (C=O) groups excluding carboxylic acids is 2. The second-order valence-electron chi connectivity index (χ2n) is 6.59. The largest absolute Gasteiger partial charge is 0.452 e. The van der Waals surface area contributed by atoms with Crippen molar-refractivity contribution in [3.63, 3.8) is 0 Å². The van der Waals surface area contributed by atoms with Gasteiger partial charge in [-0.2, -0.15) is 0 Å². The number of esters is 1. The van der Waals surface area contributed by atoms with Crippen molar-refractivity contribution in [1.29, 1.82) is 0 Å². The Kier molecular flexibility index (Phi) is 4.66. The number of carbonyl (C=O) groups is 2. The minimum absolute atomic E-state index is 0.219. The number of hydrogen-bond donors (Lipinski definition) is 1. The highest BCUT2D eigenvalue weighted by molar-refractivity contribution is 6.33. The maximum absolute atomic E-state index is 12.1. The van der Waals surface area contributed by atoms with Crippen LogP contribution in [-0.4, -0.2) is 24.3 Å². The van der Waals surface area contributed by atoms with E-state index >= 15 is 0 Å². The third-order valence-corrected chi connectivity index (χ3v) is 4.94. The molecule has 1 N–H and O–H groups in total. The Morgan fingerprint density at radius 3 is 2.59 bits per heavy atom. The predicted octanol–water partition coefficient (Wildman–Crippen LogP) is 4.18. The summed E-state index contributed by atoms with van der Waals surface area (Å²) >= 11 is 5.94. The number of benzene rings is 2. The first kappa shape index (κ1) is 17.7. The van der Waals surface area contributed by atoms with Gasteiger partial charge in [0.2, 0.25) is 0 Å². The Labute approximate surface area is 161 Å². The molecule has 7 heteroatoms. The van der Waals surface area contributed by atoms with Crippen molar-refractivity contribution in [2.24, 2.45) is 0 Å². The molecule has 1 heterocycles. The van der Waals surface area contributed by atoms with E-state index in [0.29, 0.717) is 17.2 Å². The van der Waals surface area contributed by atoms with E-state index in [1.807, 2.05) is 0 Å². The summed E-state index contributed by atoms with van der Waals surface area (Å²) in [6.45, 7) is -0.414. The predicted molar refractivity (Wildman–Crippen MR) is 99.3 cm³/mol. The summed E-state index contributed by atoms with van der Waals surface area (Å²) in [4.78, 5) is 24.1. The van der Waals surface area contributed by atoms with E-state index in [2.05, 4.69) is 5.32 Å². The second kappa shape index (κ2) is 7.12. The Morgan fingerprint density at radius 1 is 1.07 bits per heavy atom. The average Bonchev–Trinajstić information content (AvgIpc) is 3.25. The first-order chi connectivity index (χ1) is 13.0. The molecule has 6 nitrogen and oxygen atoms in total. The summed E-state index contributed by atoms with van der Waals surface area (Å²) in [6.07, 6.45) is 3.88. The van der Waals surface area contributed by atoms with Crippen LogP contribution < -0.4 is 14.8 Å². The molecular formula is C20H18ClNO5. The van der Waals surface area contributed by atoms with Gasteiger partial charge < -0.3 is 19.5 Å². The monoisotopic (exact) mass is 387 g/mol. The molecule has 1 fully saturated rings. The van der Waals surface area contributed by atoms with E-state index in [1.54, 1.807) is 42.5 Å². The lowest BCUT2D eigenvalue weighted by Crippen LogP contribution is -2.34. The molecule has 1 amide bonds. The van der Waals surface area contributed by atoms with E-state index in [9.17, 15) is 9.59 Å². The highest BCUT2D eigenvalue weighted by Crippen LogP contribution is 2.47. The van der Waals surface area contributed by atoms with E-state index in [4.69, 9.17) is 25.8 Å². The number of rotatable bonds is 4. The zero-order chi connectivity index (χ0) is 18.9. The maximum atomic E-state index is 12.1. The van der Waals surface area contributed by atoms with Gasteiger partial charge in [0.15, 0.2) is 18.1 Å². The molecule has 0 unspecified atom stereocenters. The van der Waals surface area contributed by atoms with Crippen molar-refractivity contribution in [2.45, 2.75) is 31.5 Å². The molecule has 1 aliphatic carbocycles. The van der Waals surface area contributed by atoms with Gasteiger partial charge in [-0.15, -0.1) is 0 Å². The fourth-order valence-electron chi connectivity index (χ4n) is 3.32. The summed E-state index contributed by atoms with van der Waals surface area (Å²) in [7, 11) is 0. The standard InChI is InChI=1S/C20H18ClNO5/c21-15-6-2-1-5-14(15)19(24)25-12-18(23)22-13-7-8-16-17(11-13)27-20(26-16)9-3-4-10-20/h1-2,5-8,11H,3-4,9-10,12H2,(H,22,23). The highest BCUT2D eigenvalue weighted by atomic mass is 35.5. The van der Waals surface area contributed by atoms with Gasteiger partial charge in [0, 0.05) is 24.6 Å². The van der Waals surface area contributed by atoms with Crippen LogP contribution in [0.1, 0.15) is 36.0 Å². The smallest absolute Gasteiger partial charge is 0.340 e. The number of halogens is 1. The van der Waals surface area contributed by atoms with Crippen LogP contribution in [0.25, 0.3) is 0 Å². The SMILES string of the molecule is O=C(COC(=O)c1ccccc1Cl)Nc1ccc2c(c1)OC1(CCCC1)O2. The van der Waals surface area contributed by atoms with Gasteiger partial charge in [0.05, 0.1) is 10.6 Å². The van der Waals surface area contributed by atoms with Crippen molar-refractivity contribution < 1.29 is 23.8 Å². The number of amides is 1. The third-order valence-electron chi connectivity index (χ3n) is 4.61. The fourth-order valence-corrected chi connectivity index (χ4v) is 3.53. The summed E-state index contributed by atoms with van der Waals surface area (Å²) in [5.41, 5.74) is 0.767. The molecular weight excluding hydrogens is 370 g/mol. The lowest BCUT2D eigenvalue weighted by atomic mass is 10.2. The molecule has 0 aromatic heterocycles. The molecule has 4 rings (SSSR count). The number of fused-ring (bicyclic) bond motifs is 1. The first-order valence-electron chi connectivity index (χ1n) is 8.78. The van der Waals surface area contributed by atoms with Crippen LogP contribution in [-0.2, 0) is 9.53 Å².